The maximum atomic E-state index is 13.5. The van der Waals surface area contributed by atoms with Crippen LogP contribution in [0.15, 0.2) is 34.8 Å². The third-order valence-electron chi connectivity index (χ3n) is 2.70. The number of amides is 1. The van der Waals surface area contributed by atoms with Gasteiger partial charge in [0.05, 0.1) is 14.5 Å². The van der Waals surface area contributed by atoms with Crippen molar-refractivity contribution in [2.75, 3.05) is 5.32 Å². The Kier molecular flexibility index (Phi) is 4.68. The molecule has 0 spiro atoms. The Morgan fingerprint density at radius 1 is 1.20 bits per heavy atom. The van der Waals surface area contributed by atoms with E-state index in [0.29, 0.717) is 20.7 Å². The molecule has 2 aromatic rings. The smallest absolute Gasteiger partial charge is 0.255 e. The molecule has 0 atom stereocenters. The van der Waals surface area contributed by atoms with Crippen molar-refractivity contribution < 1.29 is 9.18 Å². The highest BCUT2D eigenvalue weighted by atomic mass is 79.9. The van der Waals surface area contributed by atoms with Gasteiger partial charge in [0, 0.05) is 11.3 Å². The van der Waals surface area contributed by atoms with Crippen LogP contribution in [0.3, 0.4) is 0 Å². The quantitative estimate of drug-likeness (QED) is 0.741. The zero-order chi connectivity index (χ0) is 14.9. The standard InChI is InChI=1S/C14H9BrCl2FNO/c1-7-4-9(15)12(18)6-13(7)19-14(20)8-2-3-10(16)11(17)5-8/h2-6H,1H3,(H,19,20). The van der Waals surface area contributed by atoms with Gasteiger partial charge in [0.15, 0.2) is 0 Å². The number of hydrogen-bond donors (Lipinski definition) is 1. The number of carbonyl (C=O) groups excluding carboxylic acids is 1. The highest BCUT2D eigenvalue weighted by Crippen LogP contribution is 2.26. The normalized spacial score (nSPS) is 10.4. The summed E-state index contributed by atoms with van der Waals surface area (Å²) in [7, 11) is 0. The molecule has 0 fully saturated rings. The van der Waals surface area contributed by atoms with Gasteiger partial charge in [0.1, 0.15) is 5.82 Å². The highest BCUT2D eigenvalue weighted by molar-refractivity contribution is 9.10. The number of benzene rings is 2. The van der Waals surface area contributed by atoms with Crippen LogP contribution < -0.4 is 5.32 Å². The topological polar surface area (TPSA) is 29.1 Å². The first kappa shape index (κ1) is 15.3. The molecular formula is C14H9BrCl2FNO. The zero-order valence-electron chi connectivity index (χ0n) is 10.3. The molecule has 2 aromatic carbocycles. The van der Waals surface area contributed by atoms with E-state index in [9.17, 15) is 9.18 Å². The van der Waals surface area contributed by atoms with E-state index >= 15 is 0 Å². The van der Waals surface area contributed by atoms with Crippen LogP contribution in [0, 0.1) is 12.7 Å². The fraction of sp³-hybridized carbons (Fsp3) is 0.0714. The van der Waals surface area contributed by atoms with E-state index in [-0.39, 0.29) is 10.9 Å². The van der Waals surface area contributed by atoms with Crippen LogP contribution in [0.25, 0.3) is 0 Å². The van der Waals surface area contributed by atoms with Crippen molar-refractivity contribution in [3.05, 3.63) is 61.8 Å². The van der Waals surface area contributed by atoms with E-state index < -0.39 is 5.82 Å². The van der Waals surface area contributed by atoms with Crippen LogP contribution in [0.2, 0.25) is 10.0 Å². The molecule has 0 heterocycles. The van der Waals surface area contributed by atoms with Gasteiger partial charge in [0.2, 0.25) is 0 Å². The zero-order valence-corrected chi connectivity index (χ0v) is 13.4. The monoisotopic (exact) mass is 375 g/mol. The second kappa shape index (κ2) is 6.12. The molecule has 2 rings (SSSR count). The molecule has 0 unspecified atom stereocenters. The maximum absolute atomic E-state index is 13.5. The first-order valence-electron chi connectivity index (χ1n) is 5.60. The second-order valence-electron chi connectivity index (χ2n) is 4.16. The van der Waals surface area contributed by atoms with E-state index in [0.717, 1.165) is 5.56 Å². The van der Waals surface area contributed by atoms with Crippen LogP contribution in [-0.4, -0.2) is 5.91 Å². The molecule has 0 saturated heterocycles. The van der Waals surface area contributed by atoms with Crippen molar-refractivity contribution in [3.8, 4) is 0 Å². The molecule has 0 radical (unpaired) electrons. The fourth-order valence-electron chi connectivity index (χ4n) is 1.61. The average molecular weight is 377 g/mol. The van der Waals surface area contributed by atoms with Crippen molar-refractivity contribution in [2.45, 2.75) is 6.92 Å². The van der Waals surface area contributed by atoms with Gasteiger partial charge >= 0.3 is 0 Å². The predicted molar refractivity (Wildman–Crippen MR) is 83.3 cm³/mol. The van der Waals surface area contributed by atoms with E-state index in [1.54, 1.807) is 19.1 Å². The van der Waals surface area contributed by atoms with Gasteiger partial charge in [-0.05, 0) is 58.7 Å². The first-order chi connectivity index (χ1) is 9.38. The molecule has 0 saturated carbocycles. The van der Waals surface area contributed by atoms with Gasteiger partial charge in [-0.25, -0.2) is 4.39 Å². The molecule has 20 heavy (non-hydrogen) atoms. The molecule has 0 aliphatic rings. The summed E-state index contributed by atoms with van der Waals surface area (Å²) in [6.07, 6.45) is 0. The number of halogens is 4. The lowest BCUT2D eigenvalue weighted by molar-refractivity contribution is 0.102. The minimum absolute atomic E-state index is 0.290. The number of aryl methyl sites for hydroxylation is 1. The molecule has 6 heteroatoms. The van der Waals surface area contributed by atoms with Crippen molar-refractivity contribution in [1.82, 2.24) is 0 Å². The maximum Gasteiger partial charge on any atom is 0.255 e. The van der Waals surface area contributed by atoms with Gasteiger partial charge in [-0.1, -0.05) is 23.2 Å². The van der Waals surface area contributed by atoms with Gasteiger partial charge in [0.25, 0.3) is 5.91 Å². The van der Waals surface area contributed by atoms with Gasteiger partial charge in [-0.15, -0.1) is 0 Å². The summed E-state index contributed by atoms with van der Waals surface area (Å²) in [4.78, 5) is 12.1. The number of carbonyl (C=O) groups is 1. The second-order valence-corrected chi connectivity index (χ2v) is 5.83. The SMILES string of the molecule is Cc1cc(Br)c(F)cc1NC(=O)c1ccc(Cl)c(Cl)c1. The molecule has 0 aliphatic heterocycles. The van der Waals surface area contributed by atoms with Gasteiger partial charge in [-0.2, -0.15) is 0 Å². The Labute approximate surface area is 134 Å². The van der Waals surface area contributed by atoms with Crippen molar-refractivity contribution in [2.24, 2.45) is 0 Å². The van der Waals surface area contributed by atoms with Crippen molar-refractivity contribution in [1.29, 1.82) is 0 Å². The van der Waals surface area contributed by atoms with Crippen LogP contribution >= 0.6 is 39.1 Å². The fourth-order valence-corrected chi connectivity index (χ4v) is 2.37. The minimum atomic E-state index is -0.444. The van der Waals surface area contributed by atoms with Gasteiger partial charge < -0.3 is 5.32 Å². The van der Waals surface area contributed by atoms with Crippen LogP contribution in [-0.2, 0) is 0 Å². The lowest BCUT2D eigenvalue weighted by Gasteiger charge is -2.10. The Bertz CT molecular complexity index is 691. The van der Waals surface area contributed by atoms with Crippen LogP contribution in [0.4, 0.5) is 10.1 Å². The predicted octanol–water partition coefficient (Wildman–Crippen LogP) is 5.46. The Morgan fingerprint density at radius 2 is 1.90 bits per heavy atom. The van der Waals surface area contributed by atoms with Crippen molar-refractivity contribution >= 4 is 50.7 Å². The molecule has 1 N–H and O–H groups in total. The Hall–Kier alpha value is -1.10. The van der Waals surface area contributed by atoms with Crippen LogP contribution in [0.1, 0.15) is 15.9 Å². The molecule has 0 bridgehead atoms. The van der Waals surface area contributed by atoms with E-state index in [4.69, 9.17) is 23.2 Å². The minimum Gasteiger partial charge on any atom is -0.322 e. The molecule has 1 amide bonds. The summed E-state index contributed by atoms with van der Waals surface area (Å²) in [6, 6.07) is 7.40. The van der Waals surface area contributed by atoms with E-state index in [1.165, 1.54) is 18.2 Å². The third-order valence-corrected chi connectivity index (χ3v) is 4.04. The van der Waals surface area contributed by atoms with Crippen molar-refractivity contribution in [3.63, 3.8) is 0 Å². The summed E-state index contributed by atoms with van der Waals surface area (Å²) < 4.78 is 13.8. The molecular weight excluding hydrogens is 368 g/mol. The van der Waals surface area contributed by atoms with E-state index in [1.807, 2.05) is 0 Å². The summed E-state index contributed by atoms with van der Waals surface area (Å²) in [5, 5.41) is 3.30. The summed E-state index contributed by atoms with van der Waals surface area (Å²) in [6.45, 7) is 1.77. The number of rotatable bonds is 2. The molecule has 0 aromatic heterocycles. The highest BCUT2D eigenvalue weighted by Gasteiger charge is 2.11. The molecule has 0 aliphatic carbocycles. The number of hydrogen-bond acceptors (Lipinski definition) is 1. The lowest BCUT2D eigenvalue weighted by atomic mass is 10.1. The summed E-state index contributed by atoms with van der Waals surface area (Å²) in [5.74, 6) is -0.826. The lowest BCUT2D eigenvalue weighted by Crippen LogP contribution is -2.13. The van der Waals surface area contributed by atoms with Gasteiger partial charge in [-0.3, -0.25) is 4.79 Å². The number of nitrogens with one attached hydrogen (secondary N) is 1. The first-order valence-corrected chi connectivity index (χ1v) is 7.15. The third kappa shape index (κ3) is 3.32. The summed E-state index contributed by atoms with van der Waals surface area (Å²) >= 11 is 14.7. The number of anilines is 1. The largest absolute Gasteiger partial charge is 0.322 e. The van der Waals surface area contributed by atoms with Crippen LogP contribution in [0.5, 0.6) is 0 Å². The Balaban J connectivity index is 2.27. The average Bonchev–Trinajstić information content (AvgIpc) is 2.39. The van der Waals surface area contributed by atoms with E-state index in [2.05, 4.69) is 21.2 Å². The molecule has 104 valence electrons. The summed E-state index contributed by atoms with van der Waals surface area (Å²) in [5.41, 5.74) is 1.50. The Morgan fingerprint density at radius 3 is 2.55 bits per heavy atom. The molecule has 2 nitrogen and oxygen atoms in total.